The summed E-state index contributed by atoms with van der Waals surface area (Å²) in [7, 11) is 1.70. The fourth-order valence-electron chi connectivity index (χ4n) is 4.59. The van der Waals surface area contributed by atoms with Crippen LogP contribution in [0.1, 0.15) is 56.4 Å². The van der Waals surface area contributed by atoms with E-state index < -0.39 is 0 Å². The van der Waals surface area contributed by atoms with Gasteiger partial charge in [-0.2, -0.15) is 11.8 Å². The molecule has 0 saturated heterocycles. The van der Waals surface area contributed by atoms with Crippen LogP contribution in [0.25, 0.3) is 0 Å². The van der Waals surface area contributed by atoms with Gasteiger partial charge in [0.25, 0.3) is 0 Å². The Labute approximate surface area is 195 Å². The maximum atomic E-state index is 12.3. The van der Waals surface area contributed by atoms with Gasteiger partial charge in [-0.1, -0.05) is 12.1 Å². The number of fused-ring (bicyclic) bond motifs is 3. The van der Waals surface area contributed by atoms with Crippen molar-refractivity contribution in [2.24, 2.45) is 4.99 Å². The van der Waals surface area contributed by atoms with Gasteiger partial charge >= 0.3 is 0 Å². The molecular weight excluding hydrogens is 420 g/mol. The molecule has 0 unspecified atom stereocenters. The molecule has 0 fully saturated rings. The number of amides is 1. The van der Waals surface area contributed by atoms with Gasteiger partial charge in [0.2, 0.25) is 5.91 Å². The molecule has 2 aliphatic rings. The predicted molar refractivity (Wildman–Crippen MR) is 133 cm³/mol. The van der Waals surface area contributed by atoms with E-state index in [0.29, 0.717) is 6.42 Å². The molecule has 0 spiro atoms. The van der Waals surface area contributed by atoms with E-state index in [1.165, 1.54) is 5.56 Å². The van der Waals surface area contributed by atoms with Crippen LogP contribution in [-0.4, -0.2) is 41.9 Å². The number of ether oxygens (including phenoxy) is 2. The van der Waals surface area contributed by atoms with Crippen LogP contribution in [-0.2, 0) is 17.6 Å². The van der Waals surface area contributed by atoms with Gasteiger partial charge in [0.05, 0.1) is 18.4 Å². The van der Waals surface area contributed by atoms with Crippen molar-refractivity contribution in [3.05, 3.63) is 52.6 Å². The molecule has 4 rings (SSSR count). The summed E-state index contributed by atoms with van der Waals surface area (Å²) >= 11 is 1.67. The molecule has 2 aromatic rings. The van der Waals surface area contributed by atoms with Crippen LogP contribution in [0.2, 0.25) is 0 Å². The van der Waals surface area contributed by atoms with Gasteiger partial charge in [-0.15, -0.1) is 0 Å². The highest BCUT2D eigenvalue weighted by atomic mass is 32.2. The third kappa shape index (κ3) is 4.51. The second-order valence-corrected chi connectivity index (χ2v) is 10.8. The van der Waals surface area contributed by atoms with Gasteiger partial charge in [-0.3, -0.25) is 9.79 Å². The van der Waals surface area contributed by atoms with E-state index in [-0.39, 0.29) is 17.0 Å². The quantitative estimate of drug-likeness (QED) is 0.648. The minimum Gasteiger partial charge on any atom is -0.493 e. The third-order valence-electron chi connectivity index (χ3n) is 5.85. The van der Waals surface area contributed by atoms with E-state index in [1.54, 1.807) is 18.9 Å². The SMILES string of the molecule is COc1cc2c(c3c1OC(C)(C)C3)C(c1cccc(NC(=O)CCSC)c1)=NC(C)(C)C2. The molecule has 2 aliphatic heterocycles. The Kier molecular flexibility index (Phi) is 6.01. The Balaban J connectivity index is 1.80. The smallest absolute Gasteiger partial charge is 0.225 e. The molecule has 6 heteroatoms. The summed E-state index contributed by atoms with van der Waals surface area (Å²) < 4.78 is 12.0. The lowest BCUT2D eigenvalue weighted by atomic mass is 9.81. The van der Waals surface area contributed by atoms with Crippen molar-refractivity contribution >= 4 is 29.1 Å². The average Bonchev–Trinajstić information content (AvgIpc) is 3.05. The van der Waals surface area contributed by atoms with Crippen LogP contribution in [0.5, 0.6) is 11.5 Å². The number of rotatable bonds is 6. The van der Waals surface area contributed by atoms with Crippen molar-refractivity contribution in [1.29, 1.82) is 0 Å². The zero-order chi connectivity index (χ0) is 23.1. The number of aliphatic imine (C=N–C) groups is 1. The summed E-state index contributed by atoms with van der Waals surface area (Å²) in [6.07, 6.45) is 4.14. The molecule has 170 valence electrons. The summed E-state index contributed by atoms with van der Waals surface area (Å²) in [5, 5.41) is 3.03. The largest absolute Gasteiger partial charge is 0.493 e. The van der Waals surface area contributed by atoms with Crippen LogP contribution in [0.15, 0.2) is 35.3 Å². The first kappa shape index (κ1) is 22.7. The van der Waals surface area contributed by atoms with E-state index in [9.17, 15) is 4.79 Å². The number of nitrogens with zero attached hydrogens (tertiary/aromatic N) is 1. The van der Waals surface area contributed by atoms with Gasteiger partial charge in [-0.25, -0.2) is 0 Å². The minimum absolute atomic E-state index is 0.0311. The Morgan fingerprint density at radius 1 is 1.22 bits per heavy atom. The van der Waals surface area contributed by atoms with Gasteiger partial charge in [0.1, 0.15) is 5.60 Å². The standard InChI is InChI=1S/C26H32N2O3S/c1-25(2)14-17-13-20(30-5)24-19(15-26(3,4)31-24)22(17)23(28-25)16-8-7-9-18(12-16)27-21(29)10-11-32-6/h7-9,12-13H,10-11,14-15H2,1-6H3,(H,27,29). The van der Waals surface area contributed by atoms with Crippen molar-refractivity contribution in [2.45, 2.75) is 58.1 Å². The van der Waals surface area contributed by atoms with Crippen LogP contribution in [0.3, 0.4) is 0 Å². The van der Waals surface area contributed by atoms with Crippen molar-refractivity contribution in [1.82, 2.24) is 0 Å². The van der Waals surface area contributed by atoms with E-state index in [0.717, 1.165) is 58.2 Å². The molecule has 2 aromatic carbocycles. The summed E-state index contributed by atoms with van der Waals surface area (Å²) in [4.78, 5) is 17.5. The van der Waals surface area contributed by atoms with Gasteiger partial charge in [0.15, 0.2) is 11.5 Å². The molecule has 32 heavy (non-hydrogen) atoms. The molecule has 0 aliphatic carbocycles. The number of nitrogens with one attached hydrogen (secondary N) is 1. The third-order valence-corrected chi connectivity index (χ3v) is 6.47. The highest BCUT2D eigenvalue weighted by Gasteiger charge is 2.39. The first-order valence-electron chi connectivity index (χ1n) is 11.0. The van der Waals surface area contributed by atoms with Crippen molar-refractivity contribution in [2.75, 3.05) is 24.4 Å². The number of carbonyl (C=O) groups excluding carboxylic acids is 1. The second kappa shape index (κ2) is 8.47. The number of benzene rings is 2. The van der Waals surface area contributed by atoms with Crippen LogP contribution in [0, 0.1) is 0 Å². The number of hydrogen-bond donors (Lipinski definition) is 1. The number of hydrogen-bond acceptors (Lipinski definition) is 5. The maximum absolute atomic E-state index is 12.3. The Hall–Kier alpha value is -2.47. The summed E-state index contributed by atoms with van der Waals surface area (Å²) in [6, 6.07) is 10.1. The minimum atomic E-state index is -0.296. The normalized spacial score (nSPS) is 17.6. The van der Waals surface area contributed by atoms with Crippen LogP contribution >= 0.6 is 11.8 Å². The van der Waals surface area contributed by atoms with Crippen LogP contribution < -0.4 is 14.8 Å². The molecule has 0 aromatic heterocycles. The monoisotopic (exact) mass is 452 g/mol. The molecule has 2 heterocycles. The lowest BCUT2D eigenvalue weighted by Crippen LogP contribution is -2.30. The zero-order valence-electron chi connectivity index (χ0n) is 19.8. The summed E-state index contributed by atoms with van der Waals surface area (Å²) in [6.45, 7) is 8.52. The highest BCUT2D eigenvalue weighted by molar-refractivity contribution is 7.98. The van der Waals surface area contributed by atoms with E-state index in [1.807, 2.05) is 24.5 Å². The number of anilines is 1. The van der Waals surface area contributed by atoms with Crippen LogP contribution in [0.4, 0.5) is 5.69 Å². The Morgan fingerprint density at radius 2 is 2.00 bits per heavy atom. The lowest BCUT2D eigenvalue weighted by molar-refractivity contribution is -0.115. The van der Waals surface area contributed by atoms with Gasteiger partial charge in [0, 0.05) is 41.0 Å². The number of thioether (sulfide) groups is 1. The molecule has 0 bridgehead atoms. The molecule has 1 amide bonds. The van der Waals surface area contributed by atoms with E-state index in [2.05, 4.69) is 45.1 Å². The molecule has 0 saturated carbocycles. The molecule has 5 nitrogen and oxygen atoms in total. The van der Waals surface area contributed by atoms with Crippen molar-refractivity contribution < 1.29 is 14.3 Å². The average molecular weight is 453 g/mol. The van der Waals surface area contributed by atoms with E-state index >= 15 is 0 Å². The van der Waals surface area contributed by atoms with Crippen molar-refractivity contribution in [3.63, 3.8) is 0 Å². The first-order valence-corrected chi connectivity index (χ1v) is 12.4. The summed E-state index contributed by atoms with van der Waals surface area (Å²) in [5.41, 5.74) is 5.75. The molecule has 0 atom stereocenters. The topological polar surface area (TPSA) is 59.9 Å². The highest BCUT2D eigenvalue weighted by Crippen LogP contribution is 2.47. The zero-order valence-corrected chi connectivity index (χ0v) is 20.6. The second-order valence-electron chi connectivity index (χ2n) is 9.78. The summed E-state index contributed by atoms with van der Waals surface area (Å²) in [5.74, 6) is 2.45. The molecule has 0 radical (unpaired) electrons. The molecule has 1 N–H and O–H groups in total. The fourth-order valence-corrected chi connectivity index (χ4v) is 4.98. The number of carbonyl (C=O) groups is 1. The lowest BCUT2D eigenvalue weighted by Gasteiger charge is -2.31. The van der Waals surface area contributed by atoms with Gasteiger partial charge in [-0.05, 0) is 64.1 Å². The predicted octanol–water partition coefficient (Wildman–Crippen LogP) is 5.27. The first-order chi connectivity index (χ1) is 15.1. The number of methoxy groups -OCH3 is 1. The Morgan fingerprint density at radius 3 is 2.72 bits per heavy atom. The Bertz CT molecular complexity index is 1090. The fraction of sp³-hybridized carbons (Fsp3) is 0.462. The maximum Gasteiger partial charge on any atom is 0.225 e. The van der Waals surface area contributed by atoms with Crippen molar-refractivity contribution in [3.8, 4) is 11.5 Å². The molecular formula is C26H32N2O3S. The van der Waals surface area contributed by atoms with Gasteiger partial charge < -0.3 is 14.8 Å². The van der Waals surface area contributed by atoms with E-state index in [4.69, 9.17) is 14.5 Å².